The van der Waals surface area contributed by atoms with E-state index in [1.165, 1.54) is 11.1 Å². The smallest absolute Gasteiger partial charge is 0.191 e. The number of likely N-dealkylation sites (N-methyl/N-ethyl adjacent to an activating group) is 1. The Kier molecular flexibility index (Phi) is 8.72. The van der Waals surface area contributed by atoms with Crippen LogP contribution in [0, 0.1) is 0 Å². The van der Waals surface area contributed by atoms with Crippen molar-refractivity contribution in [2.75, 3.05) is 52.9 Å². The highest BCUT2D eigenvalue weighted by Crippen LogP contribution is 2.23. The van der Waals surface area contributed by atoms with Gasteiger partial charge in [-0.3, -0.25) is 9.89 Å². The highest BCUT2D eigenvalue weighted by Gasteiger charge is 2.19. The molecule has 0 bridgehead atoms. The van der Waals surface area contributed by atoms with Crippen LogP contribution in [0.2, 0.25) is 0 Å². The fourth-order valence-electron chi connectivity index (χ4n) is 3.94. The molecule has 5 heteroatoms. The zero-order chi connectivity index (χ0) is 21.2. The van der Waals surface area contributed by atoms with E-state index in [0.717, 1.165) is 51.8 Å². The summed E-state index contributed by atoms with van der Waals surface area (Å²) in [5, 5.41) is 7.01. The van der Waals surface area contributed by atoms with Crippen molar-refractivity contribution in [3.63, 3.8) is 0 Å². The Morgan fingerprint density at radius 3 is 2.00 bits per heavy atom. The maximum absolute atomic E-state index is 4.91. The average Bonchev–Trinajstić information content (AvgIpc) is 2.79. The van der Waals surface area contributed by atoms with E-state index in [1.807, 2.05) is 0 Å². The lowest BCUT2D eigenvalue weighted by Gasteiger charge is -2.35. The zero-order valence-electron chi connectivity index (χ0n) is 18.7. The second kappa shape index (κ2) is 11.7. The lowest BCUT2D eigenvalue weighted by atomic mass is 9.91. The summed E-state index contributed by atoms with van der Waals surface area (Å²) in [5.74, 6) is 1.18. The van der Waals surface area contributed by atoms with Gasteiger partial charge in [-0.25, -0.2) is 0 Å². The van der Waals surface area contributed by atoms with E-state index < -0.39 is 0 Å². The number of hydrogen-bond donors (Lipinski definition) is 2. The molecule has 0 aliphatic carbocycles. The summed E-state index contributed by atoms with van der Waals surface area (Å²) in [7, 11) is 2.20. The predicted octanol–water partition coefficient (Wildman–Crippen LogP) is 3.01. The number of nitrogens with zero attached hydrogens (tertiary/aromatic N) is 3. The van der Waals surface area contributed by atoms with Gasteiger partial charge in [0.2, 0.25) is 0 Å². The second-order valence-corrected chi connectivity index (χ2v) is 8.16. The SMILES string of the molecule is CCNC(=NCC(C)N1CCN(C)CC1)NCC(c1ccccc1)c1ccccc1. The molecule has 0 radical (unpaired) electrons. The van der Waals surface area contributed by atoms with Gasteiger partial charge in [0.25, 0.3) is 0 Å². The molecule has 5 nitrogen and oxygen atoms in total. The van der Waals surface area contributed by atoms with Crippen molar-refractivity contribution >= 4 is 5.96 Å². The van der Waals surface area contributed by atoms with Crippen molar-refractivity contribution in [1.82, 2.24) is 20.4 Å². The Morgan fingerprint density at radius 2 is 1.47 bits per heavy atom. The summed E-state index contributed by atoms with van der Waals surface area (Å²) < 4.78 is 0. The Labute approximate surface area is 182 Å². The van der Waals surface area contributed by atoms with Crippen molar-refractivity contribution in [1.29, 1.82) is 0 Å². The number of piperazine rings is 1. The first-order valence-electron chi connectivity index (χ1n) is 11.2. The van der Waals surface area contributed by atoms with E-state index >= 15 is 0 Å². The molecule has 30 heavy (non-hydrogen) atoms. The van der Waals surface area contributed by atoms with E-state index in [0.29, 0.717) is 6.04 Å². The maximum Gasteiger partial charge on any atom is 0.191 e. The van der Waals surface area contributed by atoms with Crippen molar-refractivity contribution in [2.45, 2.75) is 25.8 Å². The topological polar surface area (TPSA) is 42.9 Å². The number of guanidine groups is 1. The third-order valence-corrected chi connectivity index (χ3v) is 5.90. The van der Waals surface area contributed by atoms with Gasteiger partial charge < -0.3 is 15.5 Å². The Hall–Kier alpha value is -2.37. The zero-order valence-corrected chi connectivity index (χ0v) is 18.7. The van der Waals surface area contributed by atoms with Gasteiger partial charge in [0.1, 0.15) is 0 Å². The number of nitrogens with one attached hydrogen (secondary N) is 2. The van der Waals surface area contributed by atoms with Gasteiger partial charge in [-0.1, -0.05) is 60.7 Å². The minimum absolute atomic E-state index is 0.284. The summed E-state index contributed by atoms with van der Waals surface area (Å²) in [4.78, 5) is 9.85. The van der Waals surface area contributed by atoms with E-state index in [2.05, 4.69) is 102 Å². The van der Waals surface area contributed by atoms with Gasteiger partial charge >= 0.3 is 0 Å². The number of aliphatic imine (C=N–C) groups is 1. The van der Waals surface area contributed by atoms with Gasteiger partial charge in [-0.2, -0.15) is 0 Å². The molecule has 162 valence electrons. The van der Waals surface area contributed by atoms with Gasteiger partial charge in [-0.05, 0) is 32.0 Å². The van der Waals surface area contributed by atoms with Crippen LogP contribution in [-0.2, 0) is 0 Å². The molecule has 2 aromatic carbocycles. The lowest BCUT2D eigenvalue weighted by molar-refractivity contribution is 0.122. The first kappa shape index (κ1) is 22.3. The molecular weight excluding hydrogens is 370 g/mol. The molecule has 1 saturated heterocycles. The maximum atomic E-state index is 4.91. The molecule has 3 rings (SSSR count). The molecule has 1 aliphatic rings. The number of benzene rings is 2. The lowest BCUT2D eigenvalue weighted by Crippen LogP contribution is -2.49. The number of hydrogen-bond acceptors (Lipinski definition) is 3. The Morgan fingerprint density at radius 1 is 0.900 bits per heavy atom. The van der Waals surface area contributed by atoms with Crippen LogP contribution >= 0.6 is 0 Å². The first-order valence-corrected chi connectivity index (χ1v) is 11.2. The van der Waals surface area contributed by atoms with Crippen molar-refractivity contribution < 1.29 is 0 Å². The largest absolute Gasteiger partial charge is 0.357 e. The Bertz CT molecular complexity index is 714. The quantitative estimate of drug-likeness (QED) is 0.522. The van der Waals surface area contributed by atoms with E-state index in [9.17, 15) is 0 Å². The normalized spacial score (nSPS) is 17.1. The van der Waals surface area contributed by atoms with E-state index in [-0.39, 0.29) is 5.92 Å². The van der Waals surface area contributed by atoms with Gasteiger partial charge in [0.05, 0.1) is 6.54 Å². The molecule has 0 spiro atoms. The van der Waals surface area contributed by atoms with Crippen molar-refractivity contribution in [3.05, 3.63) is 71.8 Å². The molecule has 1 unspecified atom stereocenters. The van der Waals surface area contributed by atoms with Crippen LogP contribution in [0.3, 0.4) is 0 Å². The van der Waals surface area contributed by atoms with Crippen LogP contribution in [0.25, 0.3) is 0 Å². The molecule has 2 aromatic rings. The standard InChI is InChI=1S/C25H37N5/c1-4-26-25(27-19-21(2)30-17-15-29(3)16-18-30)28-20-24(22-11-7-5-8-12-22)23-13-9-6-10-14-23/h5-14,21,24H,4,15-20H2,1-3H3,(H2,26,27,28). The summed E-state index contributed by atoms with van der Waals surface area (Å²) in [6.07, 6.45) is 0. The summed E-state index contributed by atoms with van der Waals surface area (Å²) in [6, 6.07) is 21.9. The van der Waals surface area contributed by atoms with Crippen molar-refractivity contribution in [2.24, 2.45) is 4.99 Å². The summed E-state index contributed by atoms with van der Waals surface area (Å²) >= 11 is 0. The molecule has 1 aliphatic heterocycles. The molecule has 2 N–H and O–H groups in total. The molecule has 1 heterocycles. The fourth-order valence-corrected chi connectivity index (χ4v) is 3.94. The molecule has 0 saturated carbocycles. The van der Waals surface area contributed by atoms with Gasteiger partial charge in [-0.15, -0.1) is 0 Å². The molecule has 1 fully saturated rings. The van der Waals surface area contributed by atoms with Crippen LogP contribution in [0.1, 0.15) is 30.9 Å². The fraction of sp³-hybridized carbons (Fsp3) is 0.480. The molecular formula is C25H37N5. The van der Waals surface area contributed by atoms with Crippen LogP contribution in [-0.4, -0.2) is 74.7 Å². The molecule has 0 aromatic heterocycles. The van der Waals surface area contributed by atoms with Gasteiger partial charge in [0.15, 0.2) is 5.96 Å². The third-order valence-electron chi connectivity index (χ3n) is 5.90. The Balaban J connectivity index is 1.64. The van der Waals surface area contributed by atoms with E-state index in [1.54, 1.807) is 0 Å². The summed E-state index contributed by atoms with van der Waals surface area (Å²) in [5.41, 5.74) is 2.63. The van der Waals surface area contributed by atoms with Crippen LogP contribution < -0.4 is 10.6 Å². The highest BCUT2D eigenvalue weighted by atomic mass is 15.3. The first-order chi connectivity index (χ1) is 14.7. The minimum Gasteiger partial charge on any atom is -0.357 e. The monoisotopic (exact) mass is 407 g/mol. The van der Waals surface area contributed by atoms with Crippen LogP contribution in [0.5, 0.6) is 0 Å². The summed E-state index contributed by atoms with van der Waals surface area (Å²) in [6.45, 7) is 11.4. The average molecular weight is 408 g/mol. The van der Waals surface area contributed by atoms with Crippen LogP contribution in [0.15, 0.2) is 65.7 Å². The highest BCUT2D eigenvalue weighted by molar-refractivity contribution is 5.79. The third kappa shape index (κ3) is 6.57. The molecule has 0 amide bonds. The minimum atomic E-state index is 0.284. The van der Waals surface area contributed by atoms with Crippen molar-refractivity contribution in [3.8, 4) is 0 Å². The second-order valence-electron chi connectivity index (χ2n) is 8.16. The van der Waals surface area contributed by atoms with Gasteiger partial charge in [0, 0.05) is 51.2 Å². The predicted molar refractivity (Wildman–Crippen MR) is 127 cm³/mol. The number of rotatable bonds is 8. The van der Waals surface area contributed by atoms with E-state index in [4.69, 9.17) is 4.99 Å². The molecule has 1 atom stereocenters. The van der Waals surface area contributed by atoms with Crippen LogP contribution in [0.4, 0.5) is 0 Å².